The fraction of sp³-hybridized carbons (Fsp3) is 0.368. The highest BCUT2D eigenvalue weighted by Gasteiger charge is 2.36. The Kier molecular flexibility index (Phi) is 5.60. The number of nitrogens with zero attached hydrogens (tertiary/aromatic N) is 1. The molecule has 1 amide bonds. The molecule has 1 heterocycles. The van der Waals surface area contributed by atoms with Gasteiger partial charge >= 0.3 is 0 Å². The molecule has 2 aromatic rings. The van der Waals surface area contributed by atoms with E-state index in [1.165, 1.54) is 12.1 Å². The molecule has 3 atom stereocenters. The molecule has 1 aliphatic carbocycles. The Hall–Kier alpha value is -2.47. The van der Waals surface area contributed by atoms with E-state index in [2.05, 4.69) is 10.3 Å². The van der Waals surface area contributed by atoms with Gasteiger partial charge in [0.1, 0.15) is 17.7 Å². The van der Waals surface area contributed by atoms with Gasteiger partial charge in [0, 0.05) is 30.4 Å². The third-order valence-corrected chi connectivity index (χ3v) is 4.40. The van der Waals surface area contributed by atoms with E-state index in [1.807, 2.05) is 6.07 Å². The lowest BCUT2D eigenvalue weighted by atomic mass is 10.1. The molecule has 2 N–H and O–H groups in total. The highest BCUT2D eigenvalue weighted by Crippen LogP contribution is 2.29. The average molecular weight is 344 g/mol. The van der Waals surface area contributed by atoms with E-state index in [4.69, 9.17) is 4.74 Å². The number of nitrogens with one attached hydrogen (secondary N) is 1. The summed E-state index contributed by atoms with van der Waals surface area (Å²) in [6, 6.07) is 11.3. The summed E-state index contributed by atoms with van der Waals surface area (Å²) in [5, 5.41) is 13.2. The number of halogens is 1. The van der Waals surface area contributed by atoms with Crippen molar-refractivity contribution in [3.8, 4) is 5.75 Å². The molecule has 0 unspecified atom stereocenters. The molecule has 1 aliphatic rings. The largest absolute Gasteiger partial charge is 0.488 e. The second kappa shape index (κ2) is 8.07. The van der Waals surface area contributed by atoms with Crippen LogP contribution in [0.2, 0.25) is 0 Å². The van der Waals surface area contributed by atoms with E-state index in [9.17, 15) is 14.3 Å². The van der Waals surface area contributed by atoms with Crippen LogP contribution in [-0.2, 0) is 11.2 Å². The summed E-state index contributed by atoms with van der Waals surface area (Å²) in [4.78, 5) is 16.1. The number of carbonyl (C=O) groups excluding carboxylic acids is 1. The van der Waals surface area contributed by atoms with E-state index < -0.39 is 6.10 Å². The van der Waals surface area contributed by atoms with Crippen molar-refractivity contribution in [2.75, 3.05) is 6.54 Å². The Morgan fingerprint density at radius 2 is 2.16 bits per heavy atom. The van der Waals surface area contributed by atoms with E-state index in [-0.39, 0.29) is 30.2 Å². The number of aliphatic hydroxyl groups excluding tert-OH is 1. The maximum absolute atomic E-state index is 13.2. The summed E-state index contributed by atoms with van der Waals surface area (Å²) in [6.07, 6.45) is 2.19. The second-order valence-corrected chi connectivity index (χ2v) is 6.24. The quantitative estimate of drug-likeness (QED) is 0.842. The molecular weight excluding hydrogens is 323 g/mol. The van der Waals surface area contributed by atoms with Crippen molar-refractivity contribution in [2.24, 2.45) is 5.92 Å². The second-order valence-electron chi connectivity index (χ2n) is 6.24. The molecule has 0 saturated heterocycles. The van der Waals surface area contributed by atoms with Crippen LogP contribution >= 0.6 is 0 Å². The van der Waals surface area contributed by atoms with E-state index >= 15 is 0 Å². The molecule has 5 nitrogen and oxygen atoms in total. The maximum Gasteiger partial charge on any atom is 0.226 e. The molecule has 132 valence electrons. The van der Waals surface area contributed by atoms with Crippen molar-refractivity contribution in [3.63, 3.8) is 0 Å². The highest BCUT2D eigenvalue weighted by atomic mass is 19.1. The lowest BCUT2D eigenvalue weighted by Crippen LogP contribution is -2.37. The van der Waals surface area contributed by atoms with Crippen LogP contribution in [0.1, 0.15) is 18.5 Å². The zero-order valence-corrected chi connectivity index (χ0v) is 13.8. The van der Waals surface area contributed by atoms with Gasteiger partial charge in [0.2, 0.25) is 5.91 Å². The van der Waals surface area contributed by atoms with Gasteiger partial charge in [0.05, 0.1) is 12.5 Å². The van der Waals surface area contributed by atoms with Crippen LogP contribution in [0.15, 0.2) is 48.7 Å². The molecule has 1 fully saturated rings. The summed E-state index contributed by atoms with van der Waals surface area (Å²) in [5.41, 5.74) is 0.708. The SMILES string of the molecule is O=C(Cc1ccccn1)NC[C@H]1CC[C@@H](Oc2cccc(F)c2)[C@@H]1O. The minimum Gasteiger partial charge on any atom is -0.488 e. The third kappa shape index (κ3) is 4.76. The predicted molar refractivity (Wildman–Crippen MR) is 90.5 cm³/mol. The van der Waals surface area contributed by atoms with Gasteiger partial charge < -0.3 is 15.2 Å². The van der Waals surface area contributed by atoms with Gasteiger partial charge in [-0.2, -0.15) is 0 Å². The standard InChI is InChI=1S/C19H21FN2O3/c20-14-4-3-6-16(10-14)25-17-8-7-13(19(17)24)12-22-18(23)11-15-5-1-2-9-21-15/h1-6,9-10,13,17,19,24H,7-8,11-12H2,(H,22,23)/t13-,17-,19-/m1/s1. The Morgan fingerprint density at radius 3 is 2.92 bits per heavy atom. The number of rotatable bonds is 6. The van der Waals surface area contributed by atoms with Crippen molar-refractivity contribution >= 4 is 5.91 Å². The molecule has 0 radical (unpaired) electrons. The summed E-state index contributed by atoms with van der Waals surface area (Å²) in [5.74, 6) is -0.168. The Balaban J connectivity index is 1.47. The van der Waals surface area contributed by atoms with Crippen LogP contribution in [0, 0.1) is 11.7 Å². The van der Waals surface area contributed by atoms with Gasteiger partial charge in [-0.3, -0.25) is 9.78 Å². The number of aromatic nitrogens is 1. The molecule has 3 rings (SSSR count). The number of benzene rings is 1. The van der Waals surface area contributed by atoms with Crippen LogP contribution in [0.5, 0.6) is 5.75 Å². The third-order valence-electron chi connectivity index (χ3n) is 4.40. The summed E-state index contributed by atoms with van der Waals surface area (Å²) < 4.78 is 18.9. The molecule has 0 bridgehead atoms. The molecule has 1 saturated carbocycles. The zero-order chi connectivity index (χ0) is 17.6. The normalized spacial score (nSPS) is 22.6. The van der Waals surface area contributed by atoms with Crippen molar-refractivity contribution in [1.82, 2.24) is 10.3 Å². The molecule has 1 aromatic heterocycles. The molecule has 6 heteroatoms. The van der Waals surface area contributed by atoms with Crippen LogP contribution < -0.4 is 10.1 Å². The number of aliphatic hydroxyl groups is 1. The van der Waals surface area contributed by atoms with Crippen LogP contribution in [-0.4, -0.2) is 34.8 Å². The van der Waals surface area contributed by atoms with Crippen molar-refractivity contribution in [2.45, 2.75) is 31.5 Å². The number of hydrogen-bond donors (Lipinski definition) is 2. The number of pyridine rings is 1. The Bertz CT molecular complexity index is 711. The van der Waals surface area contributed by atoms with E-state index in [0.717, 1.165) is 6.42 Å². The summed E-state index contributed by atoms with van der Waals surface area (Å²) in [7, 11) is 0. The minimum atomic E-state index is -0.696. The van der Waals surface area contributed by atoms with Crippen molar-refractivity contribution in [3.05, 3.63) is 60.2 Å². The number of carbonyl (C=O) groups is 1. The highest BCUT2D eigenvalue weighted by molar-refractivity contribution is 5.78. The minimum absolute atomic E-state index is 0.0776. The fourth-order valence-electron chi connectivity index (χ4n) is 3.06. The molecular formula is C19H21FN2O3. The van der Waals surface area contributed by atoms with Crippen molar-refractivity contribution < 1.29 is 19.0 Å². The Labute approximate surface area is 145 Å². The van der Waals surface area contributed by atoms with Gasteiger partial charge in [-0.15, -0.1) is 0 Å². The van der Waals surface area contributed by atoms with Gasteiger partial charge in [0.25, 0.3) is 0 Å². The van der Waals surface area contributed by atoms with Crippen LogP contribution in [0.3, 0.4) is 0 Å². The van der Waals surface area contributed by atoms with Gasteiger partial charge in [0.15, 0.2) is 0 Å². The van der Waals surface area contributed by atoms with Gasteiger partial charge in [-0.1, -0.05) is 12.1 Å². The lowest BCUT2D eigenvalue weighted by Gasteiger charge is -2.21. The fourth-order valence-corrected chi connectivity index (χ4v) is 3.06. The first-order valence-electron chi connectivity index (χ1n) is 8.39. The summed E-state index contributed by atoms with van der Waals surface area (Å²) in [6.45, 7) is 0.385. The first kappa shape index (κ1) is 17.4. The predicted octanol–water partition coefficient (Wildman–Crippen LogP) is 2.10. The van der Waals surface area contributed by atoms with Crippen molar-refractivity contribution in [1.29, 1.82) is 0 Å². The average Bonchev–Trinajstić information content (AvgIpc) is 2.94. The molecule has 0 aliphatic heterocycles. The monoisotopic (exact) mass is 344 g/mol. The van der Waals surface area contributed by atoms with E-state index in [0.29, 0.717) is 24.4 Å². The molecule has 25 heavy (non-hydrogen) atoms. The van der Waals surface area contributed by atoms with Crippen LogP contribution in [0.25, 0.3) is 0 Å². The Morgan fingerprint density at radius 1 is 1.28 bits per heavy atom. The maximum atomic E-state index is 13.2. The molecule has 0 spiro atoms. The van der Waals surface area contributed by atoms with Crippen LogP contribution in [0.4, 0.5) is 4.39 Å². The number of ether oxygens (including phenoxy) is 1. The molecule has 1 aromatic carbocycles. The lowest BCUT2D eigenvalue weighted by molar-refractivity contribution is -0.120. The zero-order valence-electron chi connectivity index (χ0n) is 13.8. The first-order valence-corrected chi connectivity index (χ1v) is 8.39. The topological polar surface area (TPSA) is 71.5 Å². The number of hydrogen-bond acceptors (Lipinski definition) is 4. The smallest absolute Gasteiger partial charge is 0.226 e. The number of amides is 1. The van der Waals surface area contributed by atoms with E-state index in [1.54, 1.807) is 30.5 Å². The summed E-state index contributed by atoms with van der Waals surface area (Å²) >= 11 is 0. The van der Waals surface area contributed by atoms with Gasteiger partial charge in [-0.05, 0) is 37.1 Å². The first-order chi connectivity index (χ1) is 12.1. The van der Waals surface area contributed by atoms with Gasteiger partial charge in [-0.25, -0.2) is 4.39 Å².